The molecule has 0 aliphatic carbocycles. The summed E-state index contributed by atoms with van der Waals surface area (Å²) in [4.78, 5) is 0. The van der Waals surface area contributed by atoms with Crippen LogP contribution >= 0.6 is 0 Å². The molecule has 0 nitrogen and oxygen atoms in total. The molecule has 1 heteroatoms. The Bertz CT molecular complexity index is 2580. The van der Waals surface area contributed by atoms with Gasteiger partial charge in [-0.1, -0.05) is 148 Å². The van der Waals surface area contributed by atoms with Crippen molar-refractivity contribution in [2.45, 2.75) is 26.2 Å². The maximum Gasteiger partial charge on any atom is 0.131 e. The number of hydrogen-bond acceptors (Lipinski definition) is 0. The third kappa shape index (κ3) is 3.71. The molecule has 0 aliphatic heterocycles. The molecular weight excluding hydrogens is 547 g/mol. The van der Waals surface area contributed by atoms with Crippen molar-refractivity contribution in [2.24, 2.45) is 0 Å². The zero-order valence-electron chi connectivity index (χ0n) is 25.6. The van der Waals surface area contributed by atoms with Crippen molar-refractivity contribution >= 4 is 64.6 Å². The molecule has 9 aromatic rings. The van der Waals surface area contributed by atoms with Crippen molar-refractivity contribution in [1.82, 2.24) is 0 Å². The average Bonchev–Trinajstić information content (AvgIpc) is 3.06. The monoisotopic (exact) mass is 578 g/mol. The van der Waals surface area contributed by atoms with Gasteiger partial charge in [0, 0.05) is 5.39 Å². The fourth-order valence-corrected chi connectivity index (χ4v) is 7.98. The van der Waals surface area contributed by atoms with Crippen LogP contribution in [0.4, 0.5) is 4.39 Å². The zero-order valence-corrected chi connectivity index (χ0v) is 25.6. The van der Waals surface area contributed by atoms with Gasteiger partial charge in [-0.05, 0) is 98.5 Å². The Kier molecular flexibility index (Phi) is 5.44. The molecule has 0 saturated carbocycles. The Labute approximate surface area is 261 Å². The molecule has 0 atom stereocenters. The molecule has 9 rings (SSSR count). The van der Waals surface area contributed by atoms with Crippen LogP contribution in [0.3, 0.4) is 0 Å². The van der Waals surface area contributed by atoms with Crippen molar-refractivity contribution in [3.8, 4) is 22.3 Å². The molecule has 0 heterocycles. The largest absolute Gasteiger partial charge is 0.206 e. The van der Waals surface area contributed by atoms with Crippen LogP contribution in [0.1, 0.15) is 26.3 Å². The van der Waals surface area contributed by atoms with E-state index in [9.17, 15) is 4.39 Å². The molecule has 0 unspecified atom stereocenters. The Morgan fingerprint density at radius 2 is 0.800 bits per heavy atom. The summed E-state index contributed by atoms with van der Waals surface area (Å²) < 4.78 is 14.8. The maximum atomic E-state index is 14.8. The van der Waals surface area contributed by atoms with Crippen molar-refractivity contribution < 1.29 is 4.39 Å². The van der Waals surface area contributed by atoms with Crippen LogP contribution in [-0.2, 0) is 5.41 Å². The molecule has 0 N–H and O–H groups in total. The van der Waals surface area contributed by atoms with Crippen molar-refractivity contribution in [1.29, 1.82) is 0 Å². The maximum absolute atomic E-state index is 14.8. The zero-order chi connectivity index (χ0) is 30.4. The second kappa shape index (κ2) is 9.36. The van der Waals surface area contributed by atoms with E-state index in [2.05, 4.69) is 118 Å². The summed E-state index contributed by atoms with van der Waals surface area (Å²) in [5.41, 5.74) is 6.11. The first-order valence-corrected chi connectivity index (χ1v) is 15.7. The first-order valence-electron chi connectivity index (χ1n) is 15.7. The summed E-state index contributed by atoms with van der Waals surface area (Å²) in [6.45, 7) is 6.96. The van der Waals surface area contributed by atoms with E-state index < -0.39 is 0 Å². The highest BCUT2D eigenvalue weighted by Gasteiger charge is 2.24. The summed E-state index contributed by atoms with van der Waals surface area (Å²) in [5.74, 6) is -0.186. The van der Waals surface area contributed by atoms with E-state index in [4.69, 9.17) is 0 Å². The predicted octanol–water partition coefficient (Wildman–Crippen LogP) is 12.8. The van der Waals surface area contributed by atoms with Crippen LogP contribution in [0.5, 0.6) is 0 Å². The van der Waals surface area contributed by atoms with Crippen LogP contribution in [0, 0.1) is 5.82 Å². The lowest BCUT2D eigenvalue weighted by Gasteiger charge is -2.26. The van der Waals surface area contributed by atoms with Crippen LogP contribution in [0.2, 0.25) is 0 Å². The van der Waals surface area contributed by atoms with E-state index in [1.807, 2.05) is 30.3 Å². The smallest absolute Gasteiger partial charge is 0.131 e. The quantitative estimate of drug-likeness (QED) is 0.141. The van der Waals surface area contributed by atoms with Crippen molar-refractivity contribution in [3.05, 3.63) is 145 Å². The molecule has 45 heavy (non-hydrogen) atoms. The highest BCUT2D eigenvalue weighted by molar-refractivity contribution is 6.30. The van der Waals surface area contributed by atoms with E-state index in [1.54, 1.807) is 6.07 Å². The molecule has 0 bridgehead atoms. The standard InChI is InChI=1S/C44H31F/c1-44(2,3)43-37-14-8-6-12-32(37)42(33-13-7-9-15-38(33)43)36-23-19-27-17-21-34-30(20-16-26-18-22-35(36)41(27)40(26)34)29-24-25-39(45)31-11-5-4-10-28(29)31/h4-25H,1-3H3. The molecule has 0 amide bonds. The minimum Gasteiger partial charge on any atom is -0.206 e. The van der Waals surface area contributed by atoms with Gasteiger partial charge in [-0.2, -0.15) is 0 Å². The minimum absolute atomic E-state index is 0.0126. The number of benzene rings is 9. The fourth-order valence-electron chi connectivity index (χ4n) is 7.98. The van der Waals surface area contributed by atoms with Gasteiger partial charge in [0.25, 0.3) is 0 Å². The summed E-state index contributed by atoms with van der Waals surface area (Å²) in [7, 11) is 0. The Hall–Kier alpha value is -5.27. The van der Waals surface area contributed by atoms with Gasteiger partial charge in [0.05, 0.1) is 0 Å². The average molecular weight is 579 g/mol. The van der Waals surface area contributed by atoms with Gasteiger partial charge in [-0.25, -0.2) is 4.39 Å². The van der Waals surface area contributed by atoms with Gasteiger partial charge in [-0.3, -0.25) is 0 Å². The second-order valence-corrected chi connectivity index (χ2v) is 13.4. The molecule has 0 spiro atoms. The normalized spacial score (nSPS) is 12.4. The third-order valence-electron chi connectivity index (χ3n) is 9.78. The minimum atomic E-state index is -0.186. The second-order valence-electron chi connectivity index (χ2n) is 13.4. The highest BCUT2D eigenvalue weighted by Crippen LogP contribution is 2.48. The molecule has 0 saturated heterocycles. The highest BCUT2D eigenvalue weighted by atomic mass is 19.1. The van der Waals surface area contributed by atoms with Crippen LogP contribution in [0.15, 0.2) is 133 Å². The molecular formula is C44H31F. The van der Waals surface area contributed by atoms with Gasteiger partial charge in [0.15, 0.2) is 0 Å². The van der Waals surface area contributed by atoms with Crippen LogP contribution in [-0.4, -0.2) is 0 Å². The van der Waals surface area contributed by atoms with Crippen LogP contribution in [0.25, 0.3) is 86.9 Å². The van der Waals surface area contributed by atoms with Gasteiger partial charge in [0.1, 0.15) is 5.82 Å². The van der Waals surface area contributed by atoms with E-state index in [1.165, 1.54) is 70.6 Å². The van der Waals surface area contributed by atoms with Gasteiger partial charge >= 0.3 is 0 Å². The van der Waals surface area contributed by atoms with Crippen molar-refractivity contribution in [2.75, 3.05) is 0 Å². The first kappa shape index (κ1) is 26.2. The fraction of sp³-hybridized carbons (Fsp3) is 0.0909. The lowest BCUT2D eigenvalue weighted by Crippen LogP contribution is -2.13. The molecule has 9 aromatic carbocycles. The number of fused-ring (bicyclic) bond motifs is 3. The molecule has 214 valence electrons. The lowest BCUT2D eigenvalue weighted by molar-refractivity contribution is 0.601. The van der Waals surface area contributed by atoms with E-state index in [-0.39, 0.29) is 11.2 Å². The molecule has 0 fully saturated rings. The Morgan fingerprint density at radius 1 is 0.378 bits per heavy atom. The summed E-state index contributed by atoms with van der Waals surface area (Å²) >= 11 is 0. The topological polar surface area (TPSA) is 0 Å². The first-order chi connectivity index (χ1) is 21.9. The predicted molar refractivity (Wildman–Crippen MR) is 192 cm³/mol. The van der Waals surface area contributed by atoms with E-state index in [0.717, 1.165) is 16.5 Å². The lowest BCUT2D eigenvalue weighted by atomic mass is 9.77. The van der Waals surface area contributed by atoms with Crippen LogP contribution < -0.4 is 0 Å². The number of halogens is 1. The summed E-state index contributed by atoms with van der Waals surface area (Å²) in [6.07, 6.45) is 0. The molecule has 0 aliphatic rings. The SMILES string of the molecule is CC(C)(C)c1c2ccccc2c(-c2ccc3ccc4c(-c5ccc(F)c6ccccc56)ccc5ccc2c3c54)c2ccccc12. The molecule has 0 radical (unpaired) electrons. The summed E-state index contributed by atoms with van der Waals surface area (Å²) in [5, 5.41) is 14.2. The Morgan fingerprint density at radius 3 is 1.38 bits per heavy atom. The van der Waals surface area contributed by atoms with E-state index >= 15 is 0 Å². The third-order valence-corrected chi connectivity index (χ3v) is 9.78. The molecule has 0 aromatic heterocycles. The number of hydrogen-bond donors (Lipinski definition) is 0. The summed E-state index contributed by atoms with van der Waals surface area (Å²) in [6, 6.07) is 47.3. The van der Waals surface area contributed by atoms with Gasteiger partial charge in [-0.15, -0.1) is 0 Å². The van der Waals surface area contributed by atoms with Gasteiger partial charge < -0.3 is 0 Å². The van der Waals surface area contributed by atoms with Crippen molar-refractivity contribution in [3.63, 3.8) is 0 Å². The number of rotatable bonds is 2. The van der Waals surface area contributed by atoms with Gasteiger partial charge in [0.2, 0.25) is 0 Å². The van der Waals surface area contributed by atoms with E-state index in [0.29, 0.717) is 5.39 Å². The Balaban J connectivity index is 1.41.